The van der Waals surface area contributed by atoms with E-state index in [1.54, 1.807) is 24.3 Å². The zero-order valence-corrected chi connectivity index (χ0v) is 17.0. The van der Waals surface area contributed by atoms with Gasteiger partial charge in [0.25, 0.3) is 5.91 Å². The highest BCUT2D eigenvalue weighted by Crippen LogP contribution is 2.30. The Morgan fingerprint density at radius 3 is 2.57 bits per heavy atom. The summed E-state index contributed by atoms with van der Waals surface area (Å²) in [6, 6.07) is 14.7. The molecule has 0 saturated carbocycles. The summed E-state index contributed by atoms with van der Waals surface area (Å²) >= 11 is 12.1. The summed E-state index contributed by atoms with van der Waals surface area (Å²) in [4.78, 5) is 24.3. The van der Waals surface area contributed by atoms with Gasteiger partial charge in [-0.25, -0.2) is 9.97 Å². The fourth-order valence-corrected chi connectivity index (χ4v) is 3.76. The molecular formula is C22H19Cl2N3O. The number of aromatic nitrogens is 2. The number of aryl methyl sites for hydroxylation is 1. The van der Waals surface area contributed by atoms with E-state index >= 15 is 0 Å². The van der Waals surface area contributed by atoms with E-state index in [4.69, 9.17) is 33.2 Å². The molecule has 0 bridgehead atoms. The van der Waals surface area contributed by atoms with Gasteiger partial charge in [-0.15, -0.1) is 0 Å². The van der Waals surface area contributed by atoms with E-state index < -0.39 is 0 Å². The van der Waals surface area contributed by atoms with Crippen LogP contribution in [0.25, 0.3) is 11.3 Å². The molecule has 1 aliphatic heterocycles. The molecule has 28 heavy (non-hydrogen) atoms. The van der Waals surface area contributed by atoms with Crippen molar-refractivity contribution in [2.24, 2.45) is 0 Å². The van der Waals surface area contributed by atoms with Crippen LogP contribution in [0.4, 0.5) is 0 Å². The average Bonchev–Trinajstić information content (AvgIpc) is 2.72. The highest BCUT2D eigenvalue weighted by Gasteiger charge is 2.26. The summed E-state index contributed by atoms with van der Waals surface area (Å²) in [7, 11) is 0. The number of rotatable bonds is 3. The van der Waals surface area contributed by atoms with Gasteiger partial charge in [0.05, 0.1) is 11.4 Å². The predicted molar refractivity (Wildman–Crippen MR) is 112 cm³/mol. The lowest BCUT2D eigenvalue weighted by molar-refractivity contribution is 0.0733. The number of hydrogen-bond acceptors (Lipinski definition) is 3. The highest BCUT2D eigenvalue weighted by atomic mass is 35.5. The highest BCUT2D eigenvalue weighted by molar-refractivity contribution is 6.31. The van der Waals surface area contributed by atoms with Gasteiger partial charge in [-0.1, -0.05) is 48.3 Å². The monoisotopic (exact) mass is 411 g/mol. The van der Waals surface area contributed by atoms with Crippen LogP contribution in [0.5, 0.6) is 0 Å². The summed E-state index contributed by atoms with van der Waals surface area (Å²) in [5.74, 6) is 0.785. The van der Waals surface area contributed by atoms with Crippen LogP contribution in [-0.4, -0.2) is 27.3 Å². The third kappa shape index (κ3) is 3.75. The molecule has 0 unspecified atom stereocenters. The van der Waals surface area contributed by atoms with Crippen LogP contribution in [0.3, 0.4) is 0 Å². The number of halogens is 2. The van der Waals surface area contributed by atoms with E-state index in [2.05, 4.69) is 0 Å². The molecule has 3 aromatic rings. The van der Waals surface area contributed by atoms with Gasteiger partial charge in [0, 0.05) is 52.7 Å². The van der Waals surface area contributed by atoms with Crippen LogP contribution in [0, 0.1) is 0 Å². The Balaban J connectivity index is 1.72. The summed E-state index contributed by atoms with van der Waals surface area (Å²) in [5.41, 5.74) is 4.47. The Morgan fingerprint density at radius 1 is 1.07 bits per heavy atom. The standard InChI is InChI=1S/C22H19Cl2N3O/c1-2-20-25-19-10-11-27(22(28)15-4-3-5-17(24)12-15)13-18(19)21(26-20)14-6-8-16(23)9-7-14/h3-9,12H,2,10-11,13H2,1H3. The fraction of sp³-hybridized carbons (Fsp3) is 0.227. The number of benzene rings is 2. The van der Waals surface area contributed by atoms with Gasteiger partial charge in [0.15, 0.2) is 0 Å². The molecule has 4 nitrogen and oxygen atoms in total. The first-order chi connectivity index (χ1) is 13.5. The third-order valence-corrected chi connectivity index (χ3v) is 5.39. The van der Waals surface area contributed by atoms with Gasteiger partial charge in [0.1, 0.15) is 5.82 Å². The number of carbonyl (C=O) groups excluding carboxylic acids is 1. The molecule has 4 rings (SSSR count). The predicted octanol–water partition coefficient (Wildman–Crippen LogP) is 5.21. The van der Waals surface area contributed by atoms with Crippen molar-refractivity contribution in [2.75, 3.05) is 6.54 Å². The Morgan fingerprint density at radius 2 is 1.86 bits per heavy atom. The molecule has 0 saturated heterocycles. The molecule has 1 aliphatic rings. The summed E-state index contributed by atoms with van der Waals surface area (Å²) in [5, 5.41) is 1.24. The van der Waals surface area contributed by atoms with Crippen LogP contribution < -0.4 is 0 Å². The smallest absolute Gasteiger partial charge is 0.254 e. The minimum Gasteiger partial charge on any atom is -0.334 e. The van der Waals surface area contributed by atoms with E-state index in [1.165, 1.54) is 0 Å². The molecule has 0 spiro atoms. The van der Waals surface area contributed by atoms with Crippen molar-refractivity contribution in [3.8, 4) is 11.3 Å². The van der Waals surface area contributed by atoms with Gasteiger partial charge in [0.2, 0.25) is 0 Å². The van der Waals surface area contributed by atoms with Gasteiger partial charge in [-0.2, -0.15) is 0 Å². The number of carbonyl (C=O) groups is 1. The molecule has 1 amide bonds. The molecule has 0 N–H and O–H groups in total. The fourth-order valence-electron chi connectivity index (χ4n) is 3.45. The number of hydrogen-bond donors (Lipinski definition) is 0. The number of amides is 1. The van der Waals surface area contributed by atoms with Crippen molar-refractivity contribution in [3.05, 3.63) is 81.2 Å². The SMILES string of the molecule is CCc1nc2c(c(-c3ccc(Cl)cc3)n1)CN(C(=O)c1cccc(Cl)c1)CC2. The summed E-state index contributed by atoms with van der Waals surface area (Å²) in [6.45, 7) is 3.15. The van der Waals surface area contributed by atoms with Crippen LogP contribution in [0.15, 0.2) is 48.5 Å². The third-order valence-electron chi connectivity index (χ3n) is 4.90. The van der Waals surface area contributed by atoms with Gasteiger partial charge in [-0.3, -0.25) is 4.79 Å². The maximum Gasteiger partial charge on any atom is 0.254 e. The van der Waals surface area contributed by atoms with E-state index in [0.29, 0.717) is 35.1 Å². The van der Waals surface area contributed by atoms with Crippen molar-refractivity contribution in [1.82, 2.24) is 14.9 Å². The number of fused-ring (bicyclic) bond motifs is 1. The van der Waals surface area contributed by atoms with Gasteiger partial charge < -0.3 is 4.90 Å². The Bertz CT molecular complexity index is 1030. The Hall–Kier alpha value is -2.43. The van der Waals surface area contributed by atoms with Crippen molar-refractivity contribution < 1.29 is 4.79 Å². The molecule has 142 valence electrons. The first-order valence-corrected chi connectivity index (χ1v) is 10.00. The lowest BCUT2D eigenvalue weighted by Crippen LogP contribution is -2.37. The quantitative estimate of drug-likeness (QED) is 0.593. The first kappa shape index (κ1) is 18.9. The molecule has 0 radical (unpaired) electrons. The van der Waals surface area contributed by atoms with Crippen molar-refractivity contribution >= 4 is 29.1 Å². The van der Waals surface area contributed by atoms with Crippen molar-refractivity contribution in [3.63, 3.8) is 0 Å². The van der Waals surface area contributed by atoms with Gasteiger partial charge >= 0.3 is 0 Å². The molecule has 6 heteroatoms. The second kappa shape index (κ2) is 7.90. The van der Waals surface area contributed by atoms with Crippen LogP contribution in [-0.2, 0) is 19.4 Å². The van der Waals surface area contributed by atoms with Crippen LogP contribution >= 0.6 is 23.2 Å². The second-order valence-electron chi connectivity index (χ2n) is 6.76. The molecule has 0 atom stereocenters. The molecule has 0 aliphatic carbocycles. The molecule has 2 heterocycles. The molecular weight excluding hydrogens is 393 g/mol. The van der Waals surface area contributed by atoms with Crippen LogP contribution in [0.1, 0.15) is 34.4 Å². The average molecular weight is 412 g/mol. The maximum absolute atomic E-state index is 13.0. The molecule has 0 fully saturated rings. The topological polar surface area (TPSA) is 46.1 Å². The molecule has 2 aromatic carbocycles. The number of nitrogens with zero attached hydrogens (tertiary/aromatic N) is 3. The van der Waals surface area contributed by atoms with E-state index in [0.717, 1.165) is 34.8 Å². The largest absolute Gasteiger partial charge is 0.334 e. The lowest BCUT2D eigenvalue weighted by atomic mass is 9.98. The van der Waals surface area contributed by atoms with E-state index in [-0.39, 0.29) is 5.91 Å². The lowest BCUT2D eigenvalue weighted by Gasteiger charge is -2.30. The van der Waals surface area contributed by atoms with Crippen molar-refractivity contribution in [2.45, 2.75) is 26.3 Å². The minimum atomic E-state index is -0.0326. The van der Waals surface area contributed by atoms with Crippen molar-refractivity contribution in [1.29, 1.82) is 0 Å². The van der Waals surface area contributed by atoms with E-state index in [1.807, 2.05) is 36.1 Å². The first-order valence-electron chi connectivity index (χ1n) is 9.24. The normalized spacial score (nSPS) is 13.3. The zero-order valence-electron chi connectivity index (χ0n) is 15.5. The Labute approximate surface area is 174 Å². The minimum absolute atomic E-state index is 0.0326. The maximum atomic E-state index is 13.0. The Kier molecular flexibility index (Phi) is 5.33. The summed E-state index contributed by atoms with van der Waals surface area (Å²) < 4.78 is 0. The van der Waals surface area contributed by atoms with Crippen LogP contribution in [0.2, 0.25) is 10.0 Å². The van der Waals surface area contributed by atoms with E-state index in [9.17, 15) is 4.79 Å². The van der Waals surface area contributed by atoms with Gasteiger partial charge in [-0.05, 0) is 30.3 Å². The zero-order chi connectivity index (χ0) is 19.7. The second-order valence-corrected chi connectivity index (χ2v) is 7.63. The summed E-state index contributed by atoms with van der Waals surface area (Å²) in [6.07, 6.45) is 1.47. The molecule has 1 aromatic heterocycles.